The van der Waals surface area contributed by atoms with Crippen LogP contribution in [0.15, 0.2) is 30.7 Å². The van der Waals surface area contributed by atoms with Crippen molar-refractivity contribution in [2.45, 2.75) is 0 Å². The van der Waals surface area contributed by atoms with Gasteiger partial charge in [-0.3, -0.25) is 5.32 Å². The number of halogens is 1. The van der Waals surface area contributed by atoms with Gasteiger partial charge < -0.3 is 9.84 Å². The van der Waals surface area contributed by atoms with Crippen molar-refractivity contribution in [3.05, 3.63) is 35.9 Å². The van der Waals surface area contributed by atoms with Crippen LogP contribution in [0.1, 0.15) is 0 Å². The first-order valence-electron chi connectivity index (χ1n) is 4.75. The fraction of sp³-hybridized carbons (Fsp3) is 0. The van der Waals surface area contributed by atoms with Gasteiger partial charge in [0.05, 0.1) is 11.9 Å². The topological polar surface area (TPSA) is 97.2 Å². The fourth-order valence-electron chi connectivity index (χ4n) is 1.12. The molecular weight excluding hydrogens is 260 g/mol. The van der Waals surface area contributed by atoms with E-state index in [9.17, 15) is 4.79 Å². The van der Waals surface area contributed by atoms with E-state index in [1.165, 1.54) is 30.7 Å². The van der Waals surface area contributed by atoms with E-state index in [1.807, 2.05) is 0 Å². The summed E-state index contributed by atoms with van der Waals surface area (Å²) >= 11 is 5.67. The van der Waals surface area contributed by atoms with E-state index in [0.29, 0.717) is 5.69 Å². The molecule has 0 saturated heterocycles. The lowest BCUT2D eigenvalue weighted by Gasteiger charge is -2.04. The van der Waals surface area contributed by atoms with E-state index in [0.717, 1.165) is 0 Å². The number of carboxylic acid groups (broad SMARTS) is 1. The first kappa shape index (κ1) is 12.1. The van der Waals surface area contributed by atoms with Crippen molar-refractivity contribution < 1.29 is 14.6 Å². The summed E-state index contributed by atoms with van der Waals surface area (Å²) in [7, 11) is 0. The van der Waals surface area contributed by atoms with Crippen LogP contribution in [0.3, 0.4) is 0 Å². The normalized spacial score (nSPS) is 9.83. The summed E-state index contributed by atoms with van der Waals surface area (Å²) < 4.78 is 5.30. The van der Waals surface area contributed by atoms with Gasteiger partial charge in [-0.1, -0.05) is 11.6 Å². The lowest BCUT2D eigenvalue weighted by molar-refractivity contribution is 0.209. The quantitative estimate of drug-likeness (QED) is 0.828. The number of anilines is 1. The smallest absolute Gasteiger partial charge is 0.409 e. The number of ether oxygens (including phenoxy) is 1. The summed E-state index contributed by atoms with van der Waals surface area (Å²) in [5, 5.41) is 10.9. The molecule has 0 aromatic carbocycles. The predicted octanol–water partition coefficient (Wildman–Crippen LogP) is 2.41. The molecule has 2 aromatic heterocycles. The van der Waals surface area contributed by atoms with Gasteiger partial charge in [-0.15, -0.1) is 0 Å². The van der Waals surface area contributed by atoms with Crippen LogP contribution in [0.25, 0.3) is 0 Å². The van der Waals surface area contributed by atoms with Gasteiger partial charge in [0.1, 0.15) is 11.5 Å². The molecule has 0 aliphatic heterocycles. The van der Waals surface area contributed by atoms with E-state index < -0.39 is 6.09 Å². The molecule has 0 atom stereocenters. The largest absolute Gasteiger partial charge is 0.465 e. The summed E-state index contributed by atoms with van der Waals surface area (Å²) in [5.74, 6) is 0.516. The average molecular weight is 267 g/mol. The highest BCUT2D eigenvalue weighted by Crippen LogP contribution is 2.19. The maximum atomic E-state index is 10.4. The summed E-state index contributed by atoms with van der Waals surface area (Å²) in [6.07, 6.45) is 1.43. The van der Waals surface area contributed by atoms with Crippen molar-refractivity contribution in [1.29, 1.82) is 0 Å². The molecule has 0 aliphatic carbocycles. The third-order valence-corrected chi connectivity index (χ3v) is 2.01. The zero-order chi connectivity index (χ0) is 13.0. The van der Waals surface area contributed by atoms with Gasteiger partial charge in [-0.25, -0.2) is 19.7 Å². The number of amides is 1. The van der Waals surface area contributed by atoms with Crippen molar-refractivity contribution in [3.63, 3.8) is 0 Å². The van der Waals surface area contributed by atoms with Gasteiger partial charge in [0.25, 0.3) is 0 Å². The second-order valence-corrected chi connectivity index (χ2v) is 3.48. The lowest BCUT2D eigenvalue weighted by Crippen LogP contribution is -2.07. The van der Waals surface area contributed by atoms with Gasteiger partial charge in [0.2, 0.25) is 11.8 Å². The van der Waals surface area contributed by atoms with Crippen LogP contribution in [-0.4, -0.2) is 26.2 Å². The van der Waals surface area contributed by atoms with Crippen molar-refractivity contribution in [3.8, 4) is 11.8 Å². The van der Waals surface area contributed by atoms with Crippen LogP contribution < -0.4 is 10.1 Å². The molecule has 2 N–H and O–H groups in total. The Hall–Kier alpha value is -2.41. The zero-order valence-electron chi connectivity index (χ0n) is 8.87. The number of pyridine rings is 1. The summed E-state index contributed by atoms with van der Waals surface area (Å²) in [6.45, 7) is 0. The number of rotatable bonds is 3. The molecule has 1 amide bonds. The van der Waals surface area contributed by atoms with Crippen LogP contribution in [0.4, 0.5) is 10.5 Å². The molecule has 2 rings (SSSR count). The van der Waals surface area contributed by atoms with Gasteiger partial charge in [-0.2, -0.15) is 0 Å². The Balaban J connectivity index is 2.08. The molecule has 0 aliphatic rings. The molecule has 0 unspecified atom stereocenters. The molecule has 0 radical (unpaired) electrons. The maximum absolute atomic E-state index is 10.4. The van der Waals surface area contributed by atoms with E-state index in [4.69, 9.17) is 21.4 Å². The van der Waals surface area contributed by atoms with E-state index in [-0.39, 0.29) is 16.9 Å². The molecule has 8 heteroatoms. The van der Waals surface area contributed by atoms with Crippen molar-refractivity contribution in [2.75, 3.05) is 5.32 Å². The maximum Gasteiger partial charge on any atom is 0.409 e. The average Bonchev–Trinajstić information content (AvgIpc) is 2.31. The van der Waals surface area contributed by atoms with Crippen LogP contribution in [0, 0.1) is 0 Å². The Kier molecular flexibility index (Phi) is 3.54. The first-order chi connectivity index (χ1) is 8.63. The van der Waals surface area contributed by atoms with Crippen molar-refractivity contribution in [1.82, 2.24) is 15.0 Å². The lowest BCUT2D eigenvalue weighted by atomic mass is 10.4. The van der Waals surface area contributed by atoms with Gasteiger partial charge in [0, 0.05) is 12.1 Å². The Morgan fingerprint density at radius 3 is 2.72 bits per heavy atom. The Bertz CT molecular complexity index is 561. The van der Waals surface area contributed by atoms with Crippen LogP contribution in [-0.2, 0) is 0 Å². The molecule has 0 bridgehead atoms. The number of hydrogen-bond donors (Lipinski definition) is 2. The number of hydrogen-bond acceptors (Lipinski definition) is 5. The Labute approximate surface area is 106 Å². The Morgan fingerprint density at radius 1 is 1.28 bits per heavy atom. The van der Waals surface area contributed by atoms with Gasteiger partial charge in [-0.05, 0) is 6.07 Å². The summed E-state index contributed by atoms with van der Waals surface area (Å²) in [4.78, 5) is 21.8. The van der Waals surface area contributed by atoms with Crippen LogP contribution >= 0.6 is 11.6 Å². The molecule has 18 heavy (non-hydrogen) atoms. The molecule has 2 heterocycles. The second-order valence-electron chi connectivity index (χ2n) is 3.10. The number of nitrogens with zero attached hydrogens (tertiary/aromatic N) is 3. The third kappa shape index (κ3) is 3.29. The minimum Gasteiger partial charge on any atom is -0.465 e. The minimum absolute atomic E-state index is 0.251. The summed E-state index contributed by atoms with van der Waals surface area (Å²) in [5.41, 5.74) is 0.343. The fourth-order valence-corrected chi connectivity index (χ4v) is 1.26. The standard InChI is InChI=1S/C10H7ClN4O3/c11-7-3-9(14-5-13-7)18-8-2-1-6(4-12-8)15-10(16)17/h1-5,15H,(H,16,17). The SMILES string of the molecule is O=C(O)Nc1ccc(Oc2cc(Cl)ncn2)nc1. The summed E-state index contributed by atoms with van der Waals surface area (Å²) in [6, 6.07) is 4.45. The Morgan fingerprint density at radius 2 is 2.11 bits per heavy atom. The van der Waals surface area contributed by atoms with Crippen LogP contribution in [0.2, 0.25) is 5.15 Å². The molecule has 2 aromatic rings. The highest BCUT2D eigenvalue weighted by molar-refractivity contribution is 6.29. The monoisotopic (exact) mass is 266 g/mol. The van der Waals surface area contributed by atoms with Crippen molar-refractivity contribution in [2.24, 2.45) is 0 Å². The van der Waals surface area contributed by atoms with Gasteiger partial charge >= 0.3 is 6.09 Å². The van der Waals surface area contributed by atoms with E-state index >= 15 is 0 Å². The first-order valence-corrected chi connectivity index (χ1v) is 5.13. The highest BCUT2D eigenvalue weighted by atomic mass is 35.5. The third-order valence-electron chi connectivity index (χ3n) is 1.81. The van der Waals surface area contributed by atoms with Crippen LogP contribution in [0.5, 0.6) is 11.8 Å². The molecule has 7 nitrogen and oxygen atoms in total. The molecule has 92 valence electrons. The second kappa shape index (κ2) is 5.28. The predicted molar refractivity (Wildman–Crippen MR) is 63.0 cm³/mol. The van der Waals surface area contributed by atoms with Gasteiger partial charge in [0.15, 0.2) is 0 Å². The zero-order valence-corrected chi connectivity index (χ0v) is 9.63. The van der Waals surface area contributed by atoms with E-state index in [2.05, 4.69) is 20.3 Å². The number of nitrogens with one attached hydrogen (secondary N) is 1. The number of carbonyl (C=O) groups is 1. The molecule has 0 fully saturated rings. The highest BCUT2D eigenvalue weighted by Gasteiger charge is 2.03. The van der Waals surface area contributed by atoms with E-state index in [1.54, 1.807) is 0 Å². The number of aromatic nitrogens is 3. The molecule has 0 spiro atoms. The molecular formula is C10H7ClN4O3. The minimum atomic E-state index is -1.16. The molecule has 0 saturated carbocycles. The van der Waals surface area contributed by atoms with Crippen molar-refractivity contribution >= 4 is 23.4 Å².